The average molecular weight is 456 g/mol. The number of carbonyl (C=O) groups excluding carboxylic acids is 2. The van der Waals surface area contributed by atoms with Crippen molar-refractivity contribution >= 4 is 29.2 Å². The maximum absolute atomic E-state index is 13.1. The molecule has 0 spiro atoms. The summed E-state index contributed by atoms with van der Waals surface area (Å²) in [6.45, 7) is 0. The highest BCUT2D eigenvalue weighted by atomic mass is 35.5. The van der Waals surface area contributed by atoms with Crippen molar-refractivity contribution in [3.05, 3.63) is 82.9 Å². The Bertz CT molecular complexity index is 1100. The van der Waals surface area contributed by atoms with Gasteiger partial charge in [0.2, 0.25) is 6.10 Å². The zero-order chi connectivity index (χ0) is 23.1. The van der Waals surface area contributed by atoms with Crippen molar-refractivity contribution in [1.29, 1.82) is 0 Å². The molecule has 1 atom stereocenters. The van der Waals surface area contributed by atoms with Crippen LogP contribution in [0.15, 0.2) is 66.7 Å². The first kappa shape index (κ1) is 23.0. The van der Waals surface area contributed by atoms with Crippen molar-refractivity contribution in [2.75, 3.05) is 26.6 Å². The van der Waals surface area contributed by atoms with Crippen molar-refractivity contribution in [2.45, 2.75) is 6.10 Å². The van der Waals surface area contributed by atoms with Gasteiger partial charge in [0, 0.05) is 17.3 Å². The van der Waals surface area contributed by atoms with E-state index in [1.807, 2.05) is 0 Å². The van der Waals surface area contributed by atoms with Crippen molar-refractivity contribution < 1.29 is 28.5 Å². The Kier molecular flexibility index (Phi) is 7.57. The first-order valence-corrected chi connectivity index (χ1v) is 9.97. The van der Waals surface area contributed by atoms with E-state index in [0.29, 0.717) is 22.7 Å². The van der Waals surface area contributed by atoms with E-state index in [9.17, 15) is 9.59 Å². The van der Waals surface area contributed by atoms with E-state index in [1.165, 1.54) is 33.5 Å². The largest absolute Gasteiger partial charge is 0.497 e. The molecule has 0 radical (unpaired) electrons. The molecule has 0 saturated heterocycles. The molecule has 0 aliphatic rings. The molecule has 0 fully saturated rings. The molecule has 1 N–H and O–H groups in total. The minimum absolute atomic E-state index is 0.114. The topological polar surface area (TPSA) is 83.1 Å². The van der Waals surface area contributed by atoms with Crippen LogP contribution in [0.1, 0.15) is 22.0 Å². The van der Waals surface area contributed by atoms with Gasteiger partial charge < -0.3 is 24.3 Å². The highest BCUT2D eigenvalue weighted by molar-refractivity contribution is 6.32. The molecule has 1 unspecified atom stereocenters. The second kappa shape index (κ2) is 10.5. The summed E-state index contributed by atoms with van der Waals surface area (Å²) < 4.78 is 21.2. The lowest BCUT2D eigenvalue weighted by atomic mass is 10.1. The maximum Gasteiger partial charge on any atom is 0.339 e. The Labute approximate surface area is 190 Å². The predicted molar refractivity (Wildman–Crippen MR) is 121 cm³/mol. The number of anilines is 1. The molecule has 32 heavy (non-hydrogen) atoms. The molecule has 7 nitrogen and oxygen atoms in total. The monoisotopic (exact) mass is 455 g/mol. The number of nitrogens with one attached hydrogen (secondary N) is 1. The quantitative estimate of drug-likeness (QED) is 0.486. The highest BCUT2D eigenvalue weighted by Gasteiger charge is 2.27. The van der Waals surface area contributed by atoms with Gasteiger partial charge in [0.15, 0.2) is 11.5 Å². The Morgan fingerprint density at radius 1 is 0.875 bits per heavy atom. The van der Waals surface area contributed by atoms with Gasteiger partial charge in [0.05, 0.1) is 31.9 Å². The van der Waals surface area contributed by atoms with Gasteiger partial charge in [-0.2, -0.15) is 0 Å². The molecule has 0 heterocycles. The Balaban J connectivity index is 1.89. The first-order chi connectivity index (χ1) is 15.5. The fraction of sp³-hybridized carbons (Fsp3) is 0.167. The van der Waals surface area contributed by atoms with Crippen molar-refractivity contribution in [3.63, 3.8) is 0 Å². The van der Waals surface area contributed by atoms with Crippen LogP contribution in [0, 0.1) is 0 Å². The number of esters is 1. The van der Waals surface area contributed by atoms with E-state index in [2.05, 4.69) is 5.32 Å². The molecule has 1 amide bonds. The molecule has 0 aliphatic heterocycles. The third-order valence-electron chi connectivity index (χ3n) is 4.57. The number of methoxy groups -OCH3 is 3. The van der Waals surface area contributed by atoms with Crippen LogP contribution in [0.2, 0.25) is 5.02 Å². The summed E-state index contributed by atoms with van der Waals surface area (Å²) in [5.74, 6) is -0.131. The van der Waals surface area contributed by atoms with Crippen LogP contribution >= 0.6 is 11.6 Å². The standard InChI is InChI=1S/C24H22ClNO6/c1-29-18-11-7-10-17(14-18)26-23(27)21(15-8-5-4-6-9-15)32-24(28)16-12-19(25)22(31-3)20(13-16)30-2/h4-14,21H,1-3H3,(H,26,27). The number of hydrogen-bond acceptors (Lipinski definition) is 6. The lowest BCUT2D eigenvalue weighted by Gasteiger charge is -2.19. The lowest BCUT2D eigenvalue weighted by molar-refractivity contribution is -0.125. The summed E-state index contributed by atoms with van der Waals surface area (Å²) in [7, 11) is 4.40. The normalized spacial score (nSPS) is 11.2. The van der Waals surface area contributed by atoms with Crippen LogP contribution in [-0.2, 0) is 9.53 Å². The number of benzene rings is 3. The maximum atomic E-state index is 13.1. The van der Waals surface area contributed by atoms with Crippen LogP contribution in [-0.4, -0.2) is 33.2 Å². The summed E-state index contributed by atoms with van der Waals surface area (Å²) >= 11 is 6.21. The minimum atomic E-state index is -1.21. The van der Waals surface area contributed by atoms with Crippen molar-refractivity contribution in [2.24, 2.45) is 0 Å². The van der Waals surface area contributed by atoms with Gasteiger partial charge in [-0.25, -0.2) is 4.79 Å². The van der Waals surface area contributed by atoms with E-state index in [-0.39, 0.29) is 16.3 Å². The molecule has 166 valence electrons. The third kappa shape index (κ3) is 5.31. The van der Waals surface area contributed by atoms with E-state index in [4.69, 9.17) is 30.5 Å². The van der Waals surface area contributed by atoms with Crippen LogP contribution in [0.5, 0.6) is 17.2 Å². The second-order valence-electron chi connectivity index (χ2n) is 6.61. The van der Waals surface area contributed by atoms with Crippen molar-refractivity contribution in [1.82, 2.24) is 0 Å². The van der Waals surface area contributed by atoms with Gasteiger partial charge in [-0.3, -0.25) is 4.79 Å². The van der Waals surface area contributed by atoms with Gasteiger partial charge in [-0.05, 0) is 24.3 Å². The van der Waals surface area contributed by atoms with Crippen molar-refractivity contribution in [3.8, 4) is 17.2 Å². The molecular formula is C24H22ClNO6. The summed E-state index contributed by atoms with van der Waals surface area (Å²) in [6, 6.07) is 18.4. The molecule has 8 heteroatoms. The number of amides is 1. The van der Waals surface area contributed by atoms with Gasteiger partial charge in [-0.15, -0.1) is 0 Å². The second-order valence-corrected chi connectivity index (χ2v) is 7.02. The number of rotatable bonds is 8. The van der Waals surface area contributed by atoms with Crippen LogP contribution in [0.25, 0.3) is 0 Å². The number of halogens is 1. The van der Waals surface area contributed by atoms with Crippen LogP contribution < -0.4 is 19.5 Å². The molecule has 0 aromatic heterocycles. The van der Waals surface area contributed by atoms with Gasteiger partial charge in [0.1, 0.15) is 5.75 Å². The Morgan fingerprint density at radius 3 is 2.28 bits per heavy atom. The van der Waals surface area contributed by atoms with E-state index in [0.717, 1.165) is 0 Å². The Hall–Kier alpha value is -3.71. The molecule has 0 aliphatic carbocycles. The van der Waals surface area contributed by atoms with E-state index < -0.39 is 18.0 Å². The molecule has 3 aromatic carbocycles. The van der Waals surface area contributed by atoms with Gasteiger partial charge in [-0.1, -0.05) is 48.0 Å². The highest BCUT2D eigenvalue weighted by Crippen LogP contribution is 2.36. The van der Waals surface area contributed by atoms with Gasteiger partial charge >= 0.3 is 5.97 Å². The smallest absolute Gasteiger partial charge is 0.339 e. The fourth-order valence-corrected chi connectivity index (χ4v) is 3.31. The third-order valence-corrected chi connectivity index (χ3v) is 4.85. The average Bonchev–Trinajstić information content (AvgIpc) is 2.82. The minimum Gasteiger partial charge on any atom is -0.497 e. The number of hydrogen-bond donors (Lipinski definition) is 1. The molecule has 3 aromatic rings. The summed E-state index contributed by atoms with van der Waals surface area (Å²) in [5, 5.41) is 2.93. The van der Waals surface area contributed by atoms with Crippen LogP contribution in [0.4, 0.5) is 5.69 Å². The number of carbonyl (C=O) groups is 2. The first-order valence-electron chi connectivity index (χ1n) is 9.59. The van der Waals surface area contributed by atoms with Crippen LogP contribution in [0.3, 0.4) is 0 Å². The number of ether oxygens (including phenoxy) is 4. The SMILES string of the molecule is COc1cccc(NC(=O)C(OC(=O)c2cc(Cl)c(OC)c(OC)c2)c2ccccc2)c1. The molecular weight excluding hydrogens is 434 g/mol. The molecule has 3 rings (SSSR count). The summed E-state index contributed by atoms with van der Waals surface area (Å²) in [6.07, 6.45) is -1.21. The van der Waals surface area contributed by atoms with E-state index >= 15 is 0 Å². The summed E-state index contributed by atoms with van der Waals surface area (Å²) in [5.41, 5.74) is 1.12. The molecule has 0 saturated carbocycles. The predicted octanol–water partition coefficient (Wildman–Crippen LogP) is 4.90. The molecule has 0 bridgehead atoms. The van der Waals surface area contributed by atoms with E-state index in [1.54, 1.807) is 54.6 Å². The Morgan fingerprint density at radius 2 is 1.62 bits per heavy atom. The zero-order valence-electron chi connectivity index (χ0n) is 17.8. The van der Waals surface area contributed by atoms with Gasteiger partial charge in [0.25, 0.3) is 5.91 Å². The zero-order valence-corrected chi connectivity index (χ0v) is 18.5. The lowest BCUT2D eigenvalue weighted by Crippen LogP contribution is -2.26. The fourth-order valence-electron chi connectivity index (χ4n) is 3.02. The summed E-state index contributed by atoms with van der Waals surface area (Å²) in [4.78, 5) is 26.0.